The van der Waals surface area contributed by atoms with Gasteiger partial charge in [0, 0.05) is 48.6 Å². The second kappa shape index (κ2) is 22.2. The molecule has 5 rings (SSSR count). The third-order valence-corrected chi connectivity index (χ3v) is 11.8. The van der Waals surface area contributed by atoms with Crippen molar-refractivity contribution in [2.75, 3.05) is 31.5 Å². The molecule has 0 radical (unpaired) electrons. The van der Waals surface area contributed by atoms with Crippen molar-refractivity contribution in [1.29, 1.82) is 0 Å². The number of aromatic amines is 1. The zero-order valence-corrected chi connectivity index (χ0v) is 35.9. The van der Waals surface area contributed by atoms with Crippen LogP contribution in [-0.2, 0) is 20.7 Å². The van der Waals surface area contributed by atoms with Crippen molar-refractivity contribution < 1.29 is 34.1 Å². The molecule has 5 N–H and O–H groups in total. The van der Waals surface area contributed by atoms with Crippen molar-refractivity contribution >= 4 is 35.1 Å². The molecule has 59 heavy (non-hydrogen) atoms. The first kappa shape index (κ1) is 45.5. The van der Waals surface area contributed by atoms with Gasteiger partial charge in [-0.15, -0.1) is 0 Å². The van der Waals surface area contributed by atoms with Crippen LogP contribution in [0.25, 0.3) is 11.6 Å². The maximum atomic E-state index is 13.1. The molecule has 1 aromatic heterocycles. The third kappa shape index (κ3) is 12.7. The summed E-state index contributed by atoms with van der Waals surface area (Å²) < 4.78 is 12.0. The molecule has 2 aromatic carbocycles. The van der Waals surface area contributed by atoms with E-state index in [4.69, 9.17) is 9.47 Å². The lowest BCUT2D eigenvalue weighted by Gasteiger charge is -2.26. The summed E-state index contributed by atoms with van der Waals surface area (Å²) in [6, 6.07) is 15.3. The normalized spacial score (nSPS) is 20.2. The maximum absolute atomic E-state index is 13.1. The lowest BCUT2D eigenvalue weighted by molar-refractivity contribution is -0.134. The number of aliphatic hydroxyl groups is 2. The number of rotatable bonds is 22. The van der Waals surface area contributed by atoms with Crippen LogP contribution in [0.4, 0.5) is 5.69 Å². The number of nitrogens with zero attached hydrogens (tertiary/aromatic N) is 1. The smallest absolute Gasteiger partial charge is 0.311 e. The van der Waals surface area contributed by atoms with Gasteiger partial charge in [-0.1, -0.05) is 56.3 Å². The molecule has 1 saturated carbocycles. The number of amides is 2. The fourth-order valence-electron chi connectivity index (χ4n) is 8.55. The SMILES string of the molecule is CCN(CC)CCNC(=O)c1c(C)[nH]c(/C=C2\C(=O)Nc3ccc(OC(=O)CCC/C=C\C[C@@H]4[C@@H](CC[C@@H](O)CCc5ccccc5)[C@H](O)C[C@@H]4OC(C)C)cc32)c1C. The van der Waals surface area contributed by atoms with E-state index < -0.39 is 12.2 Å². The number of unbranched alkanes of at least 4 members (excludes halogenated alkanes) is 1. The van der Waals surface area contributed by atoms with Crippen molar-refractivity contribution in [3.63, 3.8) is 0 Å². The lowest BCUT2D eigenvalue weighted by Crippen LogP contribution is -2.35. The Bertz CT molecular complexity index is 1910. The first-order chi connectivity index (χ1) is 28.4. The lowest BCUT2D eigenvalue weighted by atomic mass is 9.85. The van der Waals surface area contributed by atoms with Crippen LogP contribution in [0.15, 0.2) is 60.7 Å². The minimum Gasteiger partial charge on any atom is -0.427 e. The van der Waals surface area contributed by atoms with Crippen LogP contribution in [0.3, 0.4) is 0 Å². The summed E-state index contributed by atoms with van der Waals surface area (Å²) >= 11 is 0. The molecule has 320 valence electrons. The molecule has 2 aliphatic rings. The number of ether oxygens (including phenoxy) is 2. The van der Waals surface area contributed by atoms with Gasteiger partial charge in [0.1, 0.15) is 5.75 Å². The van der Waals surface area contributed by atoms with Crippen LogP contribution in [0.2, 0.25) is 0 Å². The number of aromatic nitrogens is 1. The molecule has 3 aromatic rings. The number of aryl methyl sites for hydroxylation is 2. The molecule has 11 heteroatoms. The van der Waals surface area contributed by atoms with Gasteiger partial charge in [0.25, 0.3) is 11.8 Å². The van der Waals surface area contributed by atoms with Crippen LogP contribution in [0.5, 0.6) is 5.75 Å². The van der Waals surface area contributed by atoms with Crippen LogP contribution in [0, 0.1) is 25.7 Å². The van der Waals surface area contributed by atoms with E-state index in [-0.39, 0.29) is 48.2 Å². The monoisotopic (exact) mass is 810 g/mol. The molecule has 0 saturated heterocycles. The number of hydrogen-bond donors (Lipinski definition) is 5. The minimum atomic E-state index is -0.464. The first-order valence-electron chi connectivity index (χ1n) is 21.7. The molecule has 0 unspecified atom stereocenters. The number of carbonyl (C=O) groups is 3. The summed E-state index contributed by atoms with van der Waals surface area (Å²) in [5.74, 6) is -0.238. The van der Waals surface area contributed by atoms with Crippen LogP contribution in [0.1, 0.15) is 117 Å². The number of H-pyrrole nitrogens is 1. The van der Waals surface area contributed by atoms with Crippen molar-refractivity contribution in [3.05, 3.63) is 94.3 Å². The van der Waals surface area contributed by atoms with E-state index in [2.05, 4.69) is 58.6 Å². The van der Waals surface area contributed by atoms with Crippen LogP contribution < -0.4 is 15.4 Å². The highest BCUT2D eigenvalue weighted by atomic mass is 16.5. The summed E-state index contributed by atoms with van der Waals surface area (Å²) in [6.07, 6.45) is 10.9. The molecule has 2 heterocycles. The molecule has 1 aliphatic carbocycles. The van der Waals surface area contributed by atoms with Gasteiger partial charge in [-0.3, -0.25) is 14.4 Å². The number of allylic oxidation sites excluding steroid dienone is 2. The number of esters is 1. The molecule has 1 fully saturated rings. The van der Waals surface area contributed by atoms with E-state index in [0.29, 0.717) is 72.5 Å². The quantitative estimate of drug-likeness (QED) is 0.0227. The Morgan fingerprint density at radius 3 is 2.53 bits per heavy atom. The summed E-state index contributed by atoms with van der Waals surface area (Å²) in [5.41, 5.74) is 5.59. The second-order valence-corrected chi connectivity index (χ2v) is 16.3. The Balaban J connectivity index is 1.12. The Morgan fingerprint density at radius 1 is 1.03 bits per heavy atom. The Hall–Kier alpha value is -4.55. The van der Waals surface area contributed by atoms with E-state index in [1.54, 1.807) is 24.3 Å². The van der Waals surface area contributed by atoms with Gasteiger partial charge >= 0.3 is 5.97 Å². The van der Waals surface area contributed by atoms with Gasteiger partial charge in [-0.25, -0.2) is 0 Å². The van der Waals surface area contributed by atoms with E-state index in [1.165, 1.54) is 5.56 Å². The average molecular weight is 811 g/mol. The van der Waals surface area contributed by atoms with E-state index in [0.717, 1.165) is 50.2 Å². The van der Waals surface area contributed by atoms with Gasteiger partial charge in [0.15, 0.2) is 0 Å². The Labute approximate surface area is 350 Å². The third-order valence-electron chi connectivity index (χ3n) is 11.8. The predicted molar refractivity (Wildman–Crippen MR) is 234 cm³/mol. The fourth-order valence-corrected chi connectivity index (χ4v) is 8.55. The molecule has 2 amide bonds. The van der Waals surface area contributed by atoms with Gasteiger partial charge in [0.2, 0.25) is 0 Å². The number of aliphatic hydroxyl groups excluding tert-OH is 2. The average Bonchev–Trinajstić information content (AvgIpc) is 3.79. The van der Waals surface area contributed by atoms with Crippen LogP contribution in [-0.4, -0.2) is 88.5 Å². The molecule has 5 atom stereocenters. The van der Waals surface area contributed by atoms with Crippen molar-refractivity contribution in [1.82, 2.24) is 15.2 Å². The number of likely N-dealkylation sites (N-methyl/N-ethyl adjacent to an activating group) is 1. The molecule has 0 spiro atoms. The van der Waals surface area contributed by atoms with Gasteiger partial charge < -0.3 is 40.2 Å². The topological polar surface area (TPSA) is 153 Å². The van der Waals surface area contributed by atoms with Gasteiger partial charge in [0.05, 0.1) is 35.6 Å². The molecule has 11 nitrogen and oxygen atoms in total. The number of benzene rings is 2. The number of anilines is 1. The standard InChI is InChI=1S/C48H66N4O7/c1-7-52(8-2)27-26-49-48(57)46-32(5)42(50-33(46)6)29-40-39-28-36(23-25-41(39)51-47(40)56)59-45(55)19-15-10-9-14-18-38-37(43(54)30-44(38)58-31(3)4)24-22-35(53)21-20-34-16-12-11-13-17-34/h9,11-14,16-17,23,25,28-29,31,35,37-38,43-44,50,53-54H,7-8,10,15,18-22,24,26-27,30H2,1-6H3,(H,49,57)(H,51,56)/b14-9-,40-29-/t35-,37+,38+,43+,44-/m0/s1. The summed E-state index contributed by atoms with van der Waals surface area (Å²) in [4.78, 5) is 44.6. The number of carbonyl (C=O) groups excluding carboxylic acids is 3. The zero-order valence-electron chi connectivity index (χ0n) is 35.9. The van der Waals surface area contributed by atoms with E-state index in [9.17, 15) is 24.6 Å². The van der Waals surface area contributed by atoms with Gasteiger partial charge in [-0.05, 0) is 133 Å². The Kier molecular flexibility index (Phi) is 17.1. The largest absolute Gasteiger partial charge is 0.427 e. The van der Waals surface area contributed by atoms with Gasteiger partial charge in [-0.2, -0.15) is 0 Å². The second-order valence-electron chi connectivity index (χ2n) is 16.3. The molecular formula is C48H66N4O7. The molecule has 1 aliphatic heterocycles. The summed E-state index contributed by atoms with van der Waals surface area (Å²) in [6.45, 7) is 15.1. The van der Waals surface area contributed by atoms with Crippen molar-refractivity contribution in [2.24, 2.45) is 11.8 Å². The highest BCUT2D eigenvalue weighted by molar-refractivity contribution is 6.35. The van der Waals surface area contributed by atoms with E-state index >= 15 is 0 Å². The number of fused-ring (bicyclic) bond motifs is 1. The van der Waals surface area contributed by atoms with E-state index in [1.807, 2.05) is 45.9 Å². The molecular weight excluding hydrogens is 745 g/mol. The highest BCUT2D eigenvalue weighted by Crippen LogP contribution is 2.41. The summed E-state index contributed by atoms with van der Waals surface area (Å²) in [7, 11) is 0. The summed E-state index contributed by atoms with van der Waals surface area (Å²) in [5, 5.41) is 27.7. The first-order valence-corrected chi connectivity index (χ1v) is 21.7. The van der Waals surface area contributed by atoms with Crippen LogP contribution >= 0.6 is 0 Å². The maximum Gasteiger partial charge on any atom is 0.311 e. The van der Waals surface area contributed by atoms with Crippen molar-refractivity contribution in [3.8, 4) is 5.75 Å². The highest BCUT2D eigenvalue weighted by Gasteiger charge is 2.42. The molecule has 0 bridgehead atoms. The van der Waals surface area contributed by atoms with Crippen molar-refractivity contribution in [2.45, 2.75) is 124 Å². The predicted octanol–water partition coefficient (Wildman–Crippen LogP) is 7.78. The number of nitrogens with one attached hydrogen (secondary N) is 3. The minimum absolute atomic E-state index is 0.0446. The Morgan fingerprint density at radius 2 is 1.80 bits per heavy atom. The zero-order chi connectivity index (χ0) is 42.5. The number of hydrogen-bond acceptors (Lipinski definition) is 8. The fraction of sp³-hybridized carbons (Fsp3) is 0.521.